The van der Waals surface area contributed by atoms with Crippen molar-refractivity contribution in [3.8, 4) is 0 Å². The van der Waals surface area contributed by atoms with Gasteiger partial charge in [0, 0.05) is 32.5 Å². The first-order valence-corrected chi connectivity index (χ1v) is 11.4. The Morgan fingerprint density at radius 2 is 1.04 bits per heavy atom. The lowest BCUT2D eigenvalue weighted by atomic mass is 9.85. The van der Waals surface area contributed by atoms with E-state index in [4.69, 9.17) is 0 Å². The SMILES string of the molecule is CCCCCCCCCC[NH+]([O-])C(CCO)(CCO)CCCCCCC. The molecule has 1 atom stereocenters. The van der Waals surface area contributed by atoms with E-state index in [1.165, 1.54) is 57.8 Å². The van der Waals surface area contributed by atoms with Gasteiger partial charge in [-0.15, -0.1) is 0 Å². The number of quaternary nitrogens is 1. The van der Waals surface area contributed by atoms with E-state index in [9.17, 15) is 15.4 Å². The molecule has 1 unspecified atom stereocenters. The monoisotopic (exact) mass is 373 g/mol. The van der Waals surface area contributed by atoms with E-state index >= 15 is 0 Å². The molecule has 4 heteroatoms. The third-order valence-corrected chi connectivity index (χ3v) is 5.79. The smallest absolute Gasteiger partial charge is 0.102 e. The highest BCUT2D eigenvalue weighted by molar-refractivity contribution is 4.79. The molecule has 0 heterocycles. The summed E-state index contributed by atoms with van der Waals surface area (Å²) in [6.45, 7) is 5.13. The Morgan fingerprint density at radius 1 is 0.615 bits per heavy atom. The molecule has 26 heavy (non-hydrogen) atoms. The van der Waals surface area contributed by atoms with Gasteiger partial charge in [-0.3, -0.25) is 0 Å². The van der Waals surface area contributed by atoms with Gasteiger partial charge in [-0.2, -0.15) is 0 Å². The Labute approximate surface area is 162 Å². The lowest BCUT2D eigenvalue weighted by Gasteiger charge is -2.43. The molecule has 0 aromatic heterocycles. The van der Waals surface area contributed by atoms with Crippen LogP contribution in [-0.2, 0) is 0 Å². The average Bonchev–Trinajstić information content (AvgIpc) is 2.63. The van der Waals surface area contributed by atoms with Crippen LogP contribution < -0.4 is 5.06 Å². The number of aliphatic hydroxyl groups excluding tert-OH is 2. The van der Waals surface area contributed by atoms with Crippen molar-refractivity contribution < 1.29 is 15.3 Å². The first-order valence-electron chi connectivity index (χ1n) is 11.4. The molecule has 0 radical (unpaired) electrons. The van der Waals surface area contributed by atoms with Gasteiger partial charge in [-0.25, -0.2) is 0 Å². The first-order chi connectivity index (χ1) is 12.7. The third-order valence-electron chi connectivity index (χ3n) is 5.79. The minimum Gasteiger partial charge on any atom is -0.634 e. The van der Waals surface area contributed by atoms with Crippen molar-refractivity contribution in [1.82, 2.24) is 0 Å². The minimum absolute atomic E-state index is 0.0398. The largest absolute Gasteiger partial charge is 0.634 e. The van der Waals surface area contributed by atoms with E-state index in [0.29, 0.717) is 19.4 Å². The quantitative estimate of drug-likeness (QED) is 0.219. The molecule has 0 fully saturated rings. The Balaban J connectivity index is 4.25. The van der Waals surface area contributed by atoms with Crippen LogP contribution in [0.15, 0.2) is 0 Å². The number of hydrogen-bond acceptors (Lipinski definition) is 3. The zero-order valence-corrected chi connectivity index (χ0v) is 17.7. The summed E-state index contributed by atoms with van der Waals surface area (Å²) < 4.78 is 0. The lowest BCUT2D eigenvalue weighted by Crippen LogP contribution is -3.16. The predicted molar refractivity (Wildman–Crippen MR) is 111 cm³/mol. The second kappa shape index (κ2) is 18.2. The summed E-state index contributed by atoms with van der Waals surface area (Å²) >= 11 is 0. The van der Waals surface area contributed by atoms with Gasteiger partial charge in [0.15, 0.2) is 0 Å². The van der Waals surface area contributed by atoms with Gasteiger partial charge in [-0.1, -0.05) is 78.1 Å². The van der Waals surface area contributed by atoms with Crippen LogP contribution in [0.3, 0.4) is 0 Å². The molecule has 3 N–H and O–H groups in total. The van der Waals surface area contributed by atoms with E-state index in [1.54, 1.807) is 0 Å². The molecule has 0 aromatic rings. The standard InChI is InChI=1S/C22H47NO3/c1-3-5-7-9-10-11-13-15-19-23(26)22(17-20-24,18-21-25)16-14-12-8-6-4-2/h23-25H,3-21H2,1-2H3. The van der Waals surface area contributed by atoms with E-state index < -0.39 is 5.54 Å². The van der Waals surface area contributed by atoms with Crippen LogP contribution in [0.2, 0.25) is 0 Å². The van der Waals surface area contributed by atoms with Crippen LogP contribution in [0, 0.1) is 5.21 Å². The van der Waals surface area contributed by atoms with Gasteiger partial charge in [0.2, 0.25) is 0 Å². The Morgan fingerprint density at radius 3 is 1.50 bits per heavy atom. The molecular weight excluding hydrogens is 326 g/mol. The fourth-order valence-corrected chi connectivity index (χ4v) is 3.97. The maximum absolute atomic E-state index is 12.9. The highest BCUT2D eigenvalue weighted by Gasteiger charge is 2.35. The minimum atomic E-state index is -0.489. The summed E-state index contributed by atoms with van der Waals surface area (Å²) in [5.41, 5.74) is -0.489. The maximum atomic E-state index is 12.9. The second-order valence-corrected chi connectivity index (χ2v) is 8.04. The normalized spacial score (nSPS) is 13.3. The molecule has 0 spiro atoms. The van der Waals surface area contributed by atoms with Crippen molar-refractivity contribution in [2.75, 3.05) is 19.8 Å². The molecule has 0 amide bonds. The number of hydrogen-bond donors (Lipinski definition) is 3. The van der Waals surface area contributed by atoms with Gasteiger partial charge in [0.05, 0.1) is 6.54 Å². The summed E-state index contributed by atoms with van der Waals surface area (Å²) in [5, 5.41) is 32.2. The van der Waals surface area contributed by atoms with Gasteiger partial charge < -0.3 is 20.5 Å². The second-order valence-electron chi connectivity index (χ2n) is 8.04. The molecule has 158 valence electrons. The van der Waals surface area contributed by atoms with Crippen LogP contribution in [0.4, 0.5) is 0 Å². The predicted octanol–water partition coefficient (Wildman–Crippen LogP) is 4.37. The van der Waals surface area contributed by atoms with Crippen molar-refractivity contribution in [3.05, 3.63) is 5.21 Å². The van der Waals surface area contributed by atoms with Crippen molar-refractivity contribution in [1.29, 1.82) is 0 Å². The molecule has 4 nitrogen and oxygen atoms in total. The molecule has 0 aliphatic rings. The summed E-state index contributed by atoms with van der Waals surface area (Å²) in [6.07, 6.45) is 17.6. The van der Waals surface area contributed by atoms with Crippen molar-refractivity contribution in [2.45, 2.75) is 122 Å². The highest BCUT2D eigenvalue weighted by atomic mass is 16.5. The zero-order valence-electron chi connectivity index (χ0n) is 17.7. The molecular formula is C22H47NO3. The Bertz CT molecular complexity index is 281. The van der Waals surface area contributed by atoms with Crippen LogP contribution in [0.5, 0.6) is 0 Å². The fraction of sp³-hybridized carbons (Fsp3) is 1.00. The van der Waals surface area contributed by atoms with Crippen LogP contribution in [-0.4, -0.2) is 35.5 Å². The van der Waals surface area contributed by atoms with E-state index in [2.05, 4.69) is 13.8 Å². The van der Waals surface area contributed by atoms with Gasteiger partial charge in [-0.05, 0) is 19.3 Å². The number of unbranched alkanes of at least 4 members (excludes halogenated alkanes) is 11. The molecule has 0 aromatic carbocycles. The first kappa shape index (κ1) is 25.8. The number of rotatable bonds is 20. The number of nitrogens with one attached hydrogen (secondary N) is 1. The zero-order chi connectivity index (χ0) is 19.5. The van der Waals surface area contributed by atoms with Crippen molar-refractivity contribution >= 4 is 0 Å². The van der Waals surface area contributed by atoms with Crippen molar-refractivity contribution in [2.24, 2.45) is 0 Å². The molecule has 0 bridgehead atoms. The van der Waals surface area contributed by atoms with Crippen LogP contribution in [0.1, 0.15) is 117 Å². The van der Waals surface area contributed by atoms with Gasteiger partial charge >= 0.3 is 0 Å². The number of hydroxylamine groups is 2. The molecule has 0 aliphatic carbocycles. The van der Waals surface area contributed by atoms with E-state index in [-0.39, 0.29) is 18.3 Å². The molecule has 0 aliphatic heterocycles. The molecule has 0 saturated carbocycles. The van der Waals surface area contributed by atoms with E-state index in [1.807, 2.05) is 0 Å². The van der Waals surface area contributed by atoms with E-state index in [0.717, 1.165) is 32.1 Å². The summed E-state index contributed by atoms with van der Waals surface area (Å²) in [4.78, 5) is 0. The Kier molecular flexibility index (Phi) is 18.1. The summed E-state index contributed by atoms with van der Waals surface area (Å²) in [6, 6.07) is 0. The highest BCUT2D eigenvalue weighted by Crippen LogP contribution is 2.21. The molecule has 0 saturated heterocycles. The Hall–Kier alpha value is -0.160. The summed E-state index contributed by atoms with van der Waals surface area (Å²) in [7, 11) is 0. The lowest BCUT2D eigenvalue weighted by molar-refractivity contribution is -0.908. The van der Waals surface area contributed by atoms with Crippen LogP contribution >= 0.6 is 0 Å². The van der Waals surface area contributed by atoms with Crippen LogP contribution in [0.25, 0.3) is 0 Å². The third kappa shape index (κ3) is 12.3. The average molecular weight is 374 g/mol. The molecule has 0 rings (SSSR count). The fourth-order valence-electron chi connectivity index (χ4n) is 3.97. The maximum Gasteiger partial charge on any atom is 0.102 e. The number of aliphatic hydroxyl groups is 2. The van der Waals surface area contributed by atoms with Gasteiger partial charge in [0.25, 0.3) is 0 Å². The summed E-state index contributed by atoms with van der Waals surface area (Å²) in [5.74, 6) is 0. The van der Waals surface area contributed by atoms with Gasteiger partial charge in [0.1, 0.15) is 5.54 Å². The van der Waals surface area contributed by atoms with Crippen molar-refractivity contribution in [3.63, 3.8) is 0 Å². The topological polar surface area (TPSA) is 68.0 Å².